The second kappa shape index (κ2) is 5.96. The zero-order valence-electron chi connectivity index (χ0n) is 15.8. The van der Waals surface area contributed by atoms with Gasteiger partial charge in [0.05, 0.1) is 16.4 Å². The number of nitriles is 1. The van der Waals surface area contributed by atoms with E-state index in [2.05, 4.69) is 24.8 Å². The number of ether oxygens (including phenoxy) is 1. The highest BCUT2D eigenvalue weighted by Gasteiger charge is 2.57. The summed E-state index contributed by atoms with van der Waals surface area (Å²) in [6.07, 6.45) is 7.12. The van der Waals surface area contributed by atoms with Crippen LogP contribution in [0.15, 0.2) is 48.6 Å². The molecule has 2 aliphatic heterocycles. The van der Waals surface area contributed by atoms with Crippen LogP contribution in [0.2, 0.25) is 0 Å². The van der Waals surface area contributed by atoms with Gasteiger partial charge in [0.15, 0.2) is 0 Å². The van der Waals surface area contributed by atoms with Crippen molar-refractivity contribution in [3.63, 3.8) is 0 Å². The number of hydrogen-bond acceptors (Lipinski definition) is 5. The SMILES string of the molecule is CN1c2ccc(/C=C/C#N)cc2C(C)(C)C12C=Cc1cc([N+](=O)[O-])ccc1O2. The third-order valence-electron chi connectivity index (χ3n) is 5.76. The predicted octanol–water partition coefficient (Wildman–Crippen LogP) is 4.66. The maximum Gasteiger partial charge on any atom is 0.270 e. The number of nitro groups is 1. The summed E-state index contributed by atoms with van der Waals surface area (Å²) in [6, 6.07) is 12.8. The third-order valence-corrected chi connectivity index (χ3v) is 5.76. The maximum absolute atomic E-state index is 11.1. The Morgan fingerprint density at radius 1 is 1.25 bits per heavy atom. The van der Waals surface area contributed by atoms with Gasteiger partial charge in [-0.1, -0.05) is 6.07 Å². The van der Waals surface area contributed by atoms with Gasteiger partial charge in [0, 0.05) is 36.5 Å². The van der Waals surface area contributed by atoms with Gasteiger partial charge in [-0.2, -0.15) is 5.26 Å². The summed E-state index contributed by atoms with van der Waals surface area (Å²) >= 11 is 0. The van der Waals surface area contributed by atoms with Crippen molar-refractivity contribution in [3.8, 4) is 11.8 Å². The summed E-state index contributed by atoms with van der Waals surface area (Å²) < 4.78 is 6.49. The highest BCUT2D eigenvalue weighted by Crippen LogP contribution is 2.54. The molecule has 1 spiro atoms. The Labute approximate surface area is 163 Å². The fourth-order valence-corrected chi connectivity index (χ4v) is 4.17. The van der Waals surface area contributed by atoms with Gasteiger partial charge in [0.2, 0.25) is 5.72 Å². The standard InChI is InChI=1S/C22H19N3O3/c1-21(2)18-13-15(5-4-12-23)6-8-19(18)24(3)22(21)11-10-16-14-17(25(26)27)7-9-20(16)28-22/h4-11,13-14H,1-3H3/b5-4+. The fraction of sp³-hybridized carbons (Fsp3) is 0.227. The minimum atomic E-state index is -0.754. The van der Waals surface area contributed by atoms with Gasteiger partial charge in [-0.15, -0.1) is 0 Å². The van der Waals surface area contributed by atoms with Crippen LogP contribution in [0.5, 0.6) is 5.75 Å². The number of anilines is 1. The molecule has 0 saturated heterocycles. The molecular weight excluding hydrogens is 354 g/mol. The van der Waals surface area contributed by atoms with E-state index in [9.17, 15) is 10.1 Å². The van der Waals surface area contributed by atoms with Gasteiger partial charge in [-0.05, 0) is 61.4 Å². The first kappa shape index (κ1) is 17.8. The Bertz CT molecular complexity index is 1090. The normalized spacial score (nSPS) is 21.3. The van der Waals surface area contributed by atoms with Crippen LogP contribution in [-0.2, 0) is 5.41 Å². The van der Waals surface area contributed by atoms with Gasteiger partial charge >= 0.3 is 0 Å². The molecule has 0 aromatic heterocycles. The minimum absolute atomic E-state index is 0.0409. The van der Waals surface area contributed by atoms with Gasteiger partial charge in [0.1, 0.15) is 5.75 Å². The number of nitro benzene ring substituents is 1. The number of rotatable bonds is 2. The second-order valence-electron chi connectivity index (χ2n) is 7.53. The molecule has 2 aromatic carbocycles. The van der Waals surface area contributed by atoms with E-state index in [1.165, 1.54) is 18.2 Å². The second-order valence-corrected chi connectivity index (χ2v) is 7.53. The average Bonchev–Trinajstić information content (AvgIpc) is 2.84. The molecule has 0 fully saturated rings. The van der Waals surface area contributed by atoms with Crippen LogP contribution < -0.4 is 9.64 Å². The predicted molar refractivity (Wildman–Crippen MR) is 108 cm³/mol. The van der Waals surface area contributed by atoms with E-state index in [1.807, 2.05) is 37.4 Å². The summed E-state index contributed by atoms with van der Waals surface area (Å²) in [6.45, 7) is 4.24. The zero-order valence-corrected chi connectivity index (χ0v) is 15.8. The highest BCUT2D eigenvalue weighted by atomic mass is 16.6. The molecule has 0 bridgehead atoms. The summed E-state index contributed by atoms with van der Waals surface area (Å²) in [7, 11) is 1.99. The molecule has 2 heterocycles. The van der Waals surface area contributed by atoms with E-state index in [0.717, 1.165) is 16.8 Å². The Morgan fingerprint density at radius 3 is 2.75 bits per heavy atom. The molecule has 1 unspecified atom stereocenters. The average molecular weight is 373 g/mol. The summed E-state index contributed by atoms with van der Waals surface area (Å²) in [5.74, 6) is 0.616. The van der Waals surface area contributed by atoms with Crippen molar-refractivity contribution in [1.29, 1.82) is 5.26 Å². The Hall–Kier alpha value is -3.59. The van der Waals surface area contributed by atoms with Gasteiger partial charge in [0.25, 0.3) is 5.69 Å². The molecule has 0 amide bonds. The molecule has 2 aliphatic rings. The summed E-state index contributed by atoms with van der Waals surface area (Å²) in [5, 5.41) is 19.8. The van der Waals surface area contributed by atoms with Crippen molar-refractivity contribution >= 4 is 23.5 Å². The first-order chi connectivity index (χ1) is 13.3. The lowest BCUT2D eigenvalue weighted by atomic mass is 9.76. The number of non-ortho nitro benzene ring substituents is 1. The maximum atomic E-state index is 11.1. The largest absolute Gasteiger partial charge is 0.463 e. The molecular formula is C22H19N3O3. The lowest BCUT2D eigenvalue weighted by Crippen LogP contribution is -2.58. The molecule has 4 rings (SSSR count). The van der Waals surface area contributed by atoms with Crippen molar-refractivity contribution in [2.24, 2.45) is 0 Å². The molecule has 0 aliphatic carbocycles. The van der Waals surface area contributed by atoms with Crippen molar-refractivity contribution < 1.29 is 9.66 Å². The molecule has 0 N–H and O–H groups in total. The number of likely N-dealkylation sites (N-methyl/N-ethyl adjacent to an activating group) is 1. The Morgan fingerprint density at radius 2 is 2.04 bits per heavy atom. The summed E-state index contributed by atoms with van der Waals surface area (Å²) in [5.41, 5.74) is 2.70. The molecule has 6 heteroatoms. The van der Waals surface area contributed by atoms with Crippen LogP contribution in [0.3, 0.4) is 0 Å². The number of hydrogen-bond donors (Lipinski definition) is 0. The van der Waals surface area contributed by atoms with E-state index < -0.39 is 16.1 Å². The third kappa shape index (κ3) is 2.33. The van der Waals surface area contributed by atoms with E-state index in [-0.39, 0.29) is 5.69 Å². The molecule has 0 radical (unpaired) electrons. The van der Waals surface area contributed by atoms with Crippen LogP contribution in [0, 0.1) is 21.4 Å². The fourth-order valence-electron chi connectivity index (χ4n) is 4.17. The van der Waals surface area contributed by atoms with E-state index in [4.69, 9.17) is 10.00 Å². The zero-order chi connectivity index (χ0) is 20.1. The van der Waals surface area contributed by atoms with E-state index in [1.54, 1.807) is 12.1 Å². The smallest absolute Gasteiger partial charge is 0.270 e. The summed E-state index contributed by atoms with van der Waals surface area (Å²) in [4.78, 5) is 12.7. The van der Waals surface area contributed by atoms with Gasteiger partial charge < -0.3 is 9.64 Å². The van der Waals surface area contributed by atoms with Crippen molar-refractivity contribution in [1.82, 2.24) is 0 Å². The van der Waals surface area contributed by atoms with Crippen LogP contribution in [0.25, 0.3) is 12.2 Å². The van der Waals surface area contributed by atoms with Crippen molar-refractivity contribution in [3.05, 3.63) is 75.4 Å². The molecule has 0 saturated carbocycles. The van der Waals surface area contributed by atoms with Crippen molar-refractivity contribution in [2.45, 2.75) is 25.0 Å². The van der Waals surface area contributed by atoms with Gasteiger partial charge in [-0.25, -0.2) is 0 Å². The van der Waals surface area contributed by atoms with Crippen LogP contribution in [0.1, 0.15) is 30.5 Å². The van der Waals surface area contributed by atoms with Crippen LogP contribution >= 0.6 is 0 Å². The molecule has 1 atom stereocenters. The van der Waals surface area contributed by atoms with Crippen LogP contribution in [0.4, 0.5) is 11.4 Å². The van der Waals surface area contributed by atoms with Gasteiger partial charge in [-0.3, -0.25) is 10.1 Å². The monoisotopic (exact) mass is 373 g/mol. The molecule has 28 heavy (non-hydrogen) atoms. The lowest BCUT2D eigenvalue weighted by molar-refractivity contribution is -0.384. The number of allylic oxidation sites excluding steroid dienone is 1. The number of nitrogens with zero attached hydrogens (tertiary/aromatic N) is 3. The minimum Gasteiger partial charge on any atom is -0.463 e. The number of fused-ring (bicyclic) bond motifs is 2. The van der Waals surface area contributed by atoms with E-state index in [0.29, 0.717) is 11.3 Å². The topological polar surface area (TPSA) is 79.4 Å². The Balaban J connectivity index is 1.80. The lowest BCUT2D eigenvalue weighted by Gasteiger charge is -2.45. The Kier molecular flexibility index (Phi) is 3.79. The number of benzene rings is 2. The first-order valence-corrected chi connectivity index (χ1v) is 8.91. The molecule has 6 nitrogen and oxygen atoms in total. The van der Waals surface area contributed by atoms with Crippen LogP contribution in [-0.4, -0.2) is 17.7 Å². The van der Waals surface area contributed by atoms with E-state index >= 15 is 0 Å². The highest BCUT2D eigenvalue weighted by molar-refractivity contribution is 5.74. The molecule has 2 aromatic rings. The van der Waals surface area contributed by atoms with Crippen molar-refractivity contribution in [2.75, 3.05) is 11.9 Å². The quantitative estimate of drug-likeness (QED) is 0.434. The first-order valence-electron chi connectivity index (χ1n) is 8.91. The molecule has 140 valence electrons.